The van der Waals surface area contributed by atoms with E-state index >= 15 is 0 Å². The molecule has 4 nitrogen and oxygen atoms in total. The lowest BCUT2D eigenvalue weighted by molar-refractivity contribution is 0.233. The van der Waals surface area contributed by atoms with Gasteiger partial charge in [-0.2, -0.15) is 0 Å². The normalized spacial score (nSPS) is 17.3. The summed E-state index contributed by atoms with van der Waals surface area (Å²) in [6.45, 7) is 1.15. The highest BCUT2D eigenvalue weighted by molar-refractivity contribution is 5.75. The molecular formula is C10H12N2O2. The van der Waals surface area contributed by atoms with Crippen LogP contribution in [-0.4, -0.2) is 24.2 Å². The Labute approximate surface area is 81.9 Å². The van der Waals surface area contributed by atoms with Gasteiger partial charge in [0, 0.05) is 24.6 Å². The second-order valence-electron chi connectivity index (χ2n) is 3.35. The van der Waals surface area contributed by atoms with Crippen LogP contribution >= 0.6 is 0 Å². The van der Waals surface area contributed by atoms with Crippen LogP contribution in [0.3, 0.4) is 0 Å². The third-order valence-corrected chi connectivity index (χ3v) is 2.39. The molecule has 4 heteroatoms. The summed E-state index contributed by atoms with van der Waals surface area (Å²) in [5.41, 5.74) is 0.875. The fourth-order valence-corrected chi connectivity index (χ4v) is 1.62. The van der Waals surface area contributed by atoms with Gasteiger partial charge in [0.05, 0.1) is 0 Å². The number of aromatic hydroxyl groups is 1. The SMILES string of the molecule is O=C1NCC(c2ccccc2O)CN1. The molecule has 1 aliphatic heterocycles. The van der Waals surface area contributed by atoms with Crippen molar-refractivity contribution < 1.29 is 9.90 Å². The minimum absolute atomic E-state index is 0.142. The Morgan fingerprint density at radius 2 is 1.86 bits per heavy atom. The van der Waals surface area contributed by atoms with E-state index < -0.39 is 0 Å². The predicted octanol–water partition coefficient (Wildman–Crippen LogP) is 0.789. The Morgan fingerprint density at radius 1 is 1.21 bits per heavy atom. The Hall–Kier alpha value is -1.71. The standard InChI is InChI=1S/C10H12N2O2/c13-9-4-2-1-3-8(9)7-5-11-10(14)12-6-7/h1-4,7,13H,5-6H2,(H2,11,12,14). The zero-order chi connectivity index (χ0) is 9.97. The van der Waals surface area contributed by atoms with E-state index in [4.69, 9.17) is 0 Å². The van der Waals surface area contributed by atoms with E-state index in [0.29, 0.717) is 13.1 Å². The highest BCUT2D eigenvalue weighted by atomic mass is 16.3. The first-order valence-corrected chi connectivity index (χ1v) is 4.57. The summed E-state index contributed by atoms with van der Waals surface area (Å²) in [6.07, 6.45) is 0. The third-order valence-electron chi connectivity index (χ3n) is 2.39. The molecule has 1 aliphatic rings. The minimum Gasteiger partial charge on any atom is -0.508 e. The number of benzene rings is 1. The summed E-state index contributed by atoms with van der Waals surface area (Å²) < 4.78 is 0. The number of amides is 2. The van der Waals surface area contributed by atoms with Gasteiger partial charge in [-0.15, -0.1) is 0 Å². The lowest BCUT2D eigenvalue weighted by atomic mass is 9.97. The number of phenolic OH excluding ortho intramolecular Hbond substituents is 1. The first-order chi connectivity index (χ1) is 6.77. The first-order valence-electron chi connectivity index (χ1n) is 4.57. The number of urea groups is 1. The van der Waals surface area contributed by atoms with Crippen molar-refractivity contribution in [3.8, 4) is 5.75 Å². The van der Waals surface area contributed by atoms with Crippen molar-refractivity contribution in [2.24, 2.45) is 0 Å². The maximum Gasteiger partial charge on any atom is 0.314 e. The van der Waals surface area contributed by atoms with Crippen molar-refractivity contribution >= 4 is 6.03 Å². The van der Waals surface area contributed by atoms with Crippen molar-refractivity contribution in [1.82, 2.24) is 10.6 Å². The average molecular weight is 192 g/mol. The van der Waals surface area contributed by atoms with Gasteiger partial charge in [0.25, 0.3) is 0 Å². The van der Waals surface area contributed by atoms with E-state index in [2.05, 4.69) is 10.6 Å². The third kappa shape index (κ3) is 1.64. The van der Waals surface area contributed by atoms with Gasteiger partial charge in [0.2, 0.25) is 0 Å². The van der Waals surface area contributed by atoms with Crippen LogP contribution in [0.4, 0.5) is 4.79 Å². The van der Waals surface area contributed by atoms with Gasteiger partial charge in [-0.3, -0.25) is 0 Å². The van der Waals surface area contributed by atoms with E-state index in [-0.39, 0.29) is 17.7 Å². The molecule has 0 saturated carbocycles. The van der Waals surface area contributed by atoms with Crippen LogP contribution in [-0.2, 0) is 0 Å². The van der Waals surface area contributed by atoms with E-state index in [1.54, 1.807) is 12.1 Å². The quantitative estimate of drug-likeness (QED) is 0.616. The number of rotatable bonds is 1. The monoisotopic (exact) mass is 192 g/mol. The van der Waals surface area contributed by atoms with Crippen molar-refractivity contribution in [2.45, 2.75) is 5.92 Å². The molecule has 0 bridgehead atoms. The highest BCUT2D eigenvalue weighted by Crippen LogP contribution is 2.25. The van der Waals surface area contributed by atoms with E-state index in [1.807, 2.05) is 12.1 Å². The second kappa shape index (κ2) is 3.57. The molecule has 1 aromatic carbocycles. The molecule has 0 atom stereocenters. The van der Waals surface area contributed by atoms with Crippen molar-refractivity contribution in [3.05, 3.63) is 29.8 Å². The van der Waals surface area contributed by atoms with Gasteiger partial charge in [-0.25, -0.2) is 4.79 Å². The number of hydrogen-bond donors (Lipinski definition) is 3. The molecule has 1 saturated heterocycles. The van der Waals surface area contributed by atoms with Crippen molar-refractivity contribution in [2.75, 3.05) is 13.1 Å². The van der Waals surface area contributed by atoms with Crippen LogP contribution in [0.2, 0.25) is 0 Å². The van der Waals surface area contributed by atoms with Gasteiger partial charge in [-0.1, -0.05) is 18.2 Å². The molecule has 14 heavy (non-hydrogen) atoms. The summed E-state index contributed by atoms with van der Waals surface area (Å²) in [4.78, 5) is 10.8. The number of hydrogen-bond acceptors (Lipinski definition) is 2. The number of carbonyl (C=O) groups excluding carboxylic acids is 1. The fourth-order valence-electron chi connectivity index (χ4n) is 1.62. The molecule has 1 aromatic rings. The minimum atomic E-state index is -0.142. The Balaban J connectivity index is 2.16. The van der Waals surface area contributed by atoms with E-state index in [1.165, 1.54) is 0 Å². The zero-order valence-electron chi connectivity index (χ0n) is 7.66. The largest absolute Gasteiger partial charge is 0.508 e. The van der Waals surface area contributed by atoms with Crippen molar-refractivity contribution in [1.29, 1.82) is 0 Å². The Kier molecular flexibility index (Phi) is 2.26. The molecule has 0 aliphatic carbocycles. The number of para-hydroxylation sites is 1. The van der Waals surface area contributed by atoms with Gasteiger partial charge >= 0.3 is 6.03 Å². The van der Waals surface area contributed by atoms with Crippen molar-refractivity contribution in [3.63, 3.8) is 0 Å². The lowest BCUT2D eigenvalue weighted by Gasteiger charge is -2.24. The van der Waals surface area contributed by atoms with E-state index in [9.17, 15) is 9.90 Å². The summed E-state index contributed by atoms with van der Waals surface area (Å²) in [7, 11) is 0. The molecule has 3 N–H and O–H groups in total. The molecular weight excluding hydrogens is 180 g/mol. The zero-order valence-corrected chi connectivity index (χ0v) is 7.66. The van der Waals surface area contributed by atoms with Crippen LogP contribution in [0.25, 0.3) is 0 Å². The van der Waals surface area contributed by atoms with Gasteiger partial charge < -0.3 is 15.7 Å². The topological polar surface area (TPSA) is 61.4 Å². The van der Waals surface area contributed by atoms with E-state index in [0.717, 1.165) is 5.56 Å². The first kappa shape index (κ1) is 8.87. The number of nitrogens with one attached hydrogen (secondary N) is 2. The molecule has 2 rings (SSSR count). The molecule has 1 heterocycles. The van der Waals surface area contributed by atoms with Crippen LogP contribution in [0.5, 0.6) is 5.75 Å². The maximum absolute atomic E-state index is 10.8. The number of carbonyl (C=O) groups is 1. The molecule has 0 aromatic heterocycles. The Bertz CT molecular complexity index is 342. The molecule has 0 spiro atoms. The van der Waals surface area contributed by atoms with Crippen LogP contribution in [0, 0.1) is 0 Å². The van der Waals surface area contributed by atoms with Crippen LogP contribution in [0.15, 0.2) is 24.3 Å². The Morgan fingerprint density at radius 3 is 2.50 bits per heavy atom. The average Bonchev–Trinajstić information content (AvgIpc) is 2.20. The smallest absolute Gasteiger partial charge is 0.314 e. The molecule has 2 amide bonds. The molecule has 74 valence electrons. The lowest BCUT2D eigenvalue weighted by Crippen LogP contribution is -2.47. The molecule has 0 unspecified atom stereocenters. The van der Waals surface area contributed by atoms with Gasteiger partial charge in [0.15, 0.2) is 0 Å². The summed E-state index contributed by atoms with van der Waals surface area (Å²) in [5.74, 6) is 0.435. The van der Waals surface area contributed by atoms with Gasteiger partial charge in [0.1, 0.15) is 5.75 Å². The van der Waals surface area contributed by atoms with Crippen LogP contribution in [0.1, 0.15) is 11.5 Å². The number of phenols is 1. The predicted molar refractivity (Wildman–Crippen MR) is 52.2 cm³/mol. The summed E-state index contributed by atoms with van der Waals surface area (Å²) >= 11 is 0. The summed E-state index contributed by atoms with van der Waals surface area (Å²) in [6, 6.07) is 7.06. The molecule has 0 radical (unpaired) electrons. The maximum atomic E-state index is 10.8. The fraction of sp³-hybridized carbons (Fsp3) is 0.300. The van der Waals surface area contributed by atoms with Crippen LogP contribution < -0.4 is 10.6 Å². The highest BCUT2D eigenvalue weighted by Gasteiger charge is 2.20. The molecule has 1 fully saturated rings. The summed E-state index contributed by atoms with van der Waals surface area (Å²) in [5, 5.41) is 15.0. The second-order valence-corrected chi connectivity index (χ2v) is 3.35. The van der Waals surface area contributed by atoms with Gasteiger partial charge in [-0.05, 0) is 6.07 Å².